The van der Waals surface area contributed by atoms with Gasteiger partial charge < -0.3 is 0 Å². The van der Waals surface area contributed by atoms with E-state index in [-0.39, 0.29) is 0 Å². The molecule has 0 atom stereocenters. The van der Waals surface area contributed by atoms with E-state index in [0.29, 0.717) is 0 Å². The Labute approximate surface area is 92.0 Å². The van der Waals surface area contributed by atoms with Crippen LogP contribution in [0.2, 0.25) is 0 Å². The zero-order valence-electron chi connectivity index (χ0n) is 9.26. The van der Waals surface area contributed by atoms with Gasteiger partial charge in [0.05, 0.1) is 0 Å². The van der Waals surface area contributed by atoms with Crippen molar-refractivity contribution >= 4 is 5.57 Å². The van der Waals surface area contributed by atoms with E-state index in [9.17, 15) is 0 Å². The van der Waals surface area contributed by atoms with Gasteiger partial charge in [-0.25, -0.2) is 0 Å². The van der Waals surface area contributed by atoms with Crippen molar-refractivity contribution in [3.8, 4) is 0 Å². The first-order valence-corrected chi connectivity index (χ1v) is 6.25. The zero-order chi connectivity index (χ0) is 10.1. The van der Waals surface area contributed by atoms with Crippen molar-refractivity contribution in [1.82, 2.24) is 0 Å². The molecule has 78 valence electrons. The monoisotopic (exact) mass is 198 g/mol. The summed E-state index contributed by atoms with van der Waals surface area (Å²) in [6, 6.07) is 7.15. The van der Waals surface area contributed by atoms with E-state index in [2.05, 4.69) is 24.3 Å². The van der Waals surface area contributed by atoms with Gasteiger partial charge in [0.25, 0.3) is 0 Å². The quantitative estimate of drug-likeness (QED) is 0.636. The molecule has 0 amide bonds. The second-order valence-electron chi connectivity index (χ2n) is 4.81. The fourth-order valence-corrected chi connectivity index (χ4v) is 2.87. The molecule has 0 aromatic heterocycles. The van der Waals surface area contributed by atoms with Crippen molar-refractivity contribution in [1.29, 1.82) is 0 Å². The number of allylic oxidation sites excluding steroid dienone is 2. The van der Waals surface area contributed by atoms with E-state index >= 15 is 0 Å². The number of hydrogen-bond donors (Lipinski definition) is 0. The van der Waals surface area contributed by atoms with Gasteiger partial charge in [0.15, 0.2) is 0 Å². The van der Waals surface area contributed by atoms with Crippen LogP contribution in [0.1, 0.15) is 48.8 Å². The average molecular weight is 198 g/mol. The van der Waals surface area contributed by atoms with Crippen LogP contribution >= 0.6 is 0 Å². The summed E-state index contributed by atoms with van der Waals surface area (Å²) in [5.41, 5.74) is 6.30. The molecule has 0 unspecified atom stereocenters. The first kappa shape index (κ1) is 9.21. The predicted octanol–water partition coefficient (Wildman–Crippen LogP) is 4.13. The molecule has 0 radical (unpaired) electrons. The zero-order valence-corrected chi connectivity index (χ0v) is 9.26. The Morgan fingerprint density at radius 2 is 1.67 bits per heavy atom. The van der Waals surface area contributed by atoms with Crippen LogP contribution < -0.4 is 0 Å². The van der Waals surface area contributed by atoms with Gasteiger partial charge in [-0.05, 0) is 67.2 Å². The highest BCUT2D eigenvalue weighted by Crippen LogP contribution is 2.30. The molecule has 0 heteroatoms. The van der Waals surface area contributed by atoms with Crippen LogP contribution in [0.5, 0.6) is 0 Å². The van der Waals surface area contributed by atoms with Crippen molar-refractivity contribution in [3.05, 3.63) is 41.0 Å². The van der Waals surface area contributed by atoms with Crippen LogP contribution in [0.25, 0.3) is 5.57 Å². The number of fused-ring (bicyclic) bond motifs is 1. The van der Waals surface area contributed by atoms with Crippen LogP contribution in [0, 0.1) is 0 Å². The normalized spacial score (nSPS) is 19.9. The molecule has 0 saturated carbocycles. The Balaban J connectivity index is 1.96. The number of aryl methyl sites for hydroxylation is 2. The maximum absolute atomic E-state index is 2.45. The molecule has 1 aromatic carbocycles. The summed E-state index contributed by atoms with van der Waals surface area (Å²) in [5.74, 6) is 0. The van der Waals surface area contributed by atoms with Crippen LogP contribution in [-0.2, 0) is 12.8 Å². The predicted molar refractivity (Wildman–Crippen MR) is 64.9 cm³/mol. The van der Waals surface area contributed by atoms with Gasteiger partial charge in [-0.1, -0.05) is 24.3 Å². The van der Waals surface area contributed by atoms with E-state index in [1.165, 1.54) is 50.5 Å². The lowest BCUT2D eigenvalue weighted by Gasteiger charge is -2.16. The molecule has 0 saturated heterocycles. The summed E-state index contributed by atoms with van der Waals surface area (Å²) in [5, 5.41) is 0. The minimum absolute atomic E-state index is 1.28. The molecular weight excluding hydrogens is 180 g/mol. The van der Waals surface area contributed by atoms with Crippen LogP contribution in [0.4, 0.5) is 0 Å². The van der Waals surface area contributed by atoms with E-state index in [1.54, 1.807) is 16.7 Å². The van der Waals surface area contributed by atoms with Crippen molar-refractivity contribution < 1.29 is 0 Å². The van der Waals surface area contributed by atoms with Gasteiger partial charge in [0, 0.05) is 0 Å². The smallest absolute Gasteiger partial charge is 0.0225 e. The maximum atomic E-state index is 2.45. The minimum Gasteiger partial charge on any atom is -0.0807 e. The minimum atomic E-state index is 1.28. The Bertz CT molecular complexity index is 398. The summed E-state index contributed by atoms with van der Waals surface area (Å²) >= 11 is 0. The lowest BCUT2D eigenvalue weighted by atomic mass is 9.89. The Kier molecular flexibility index (Phi) is 2.36. The molecule has 0 N–H and O–H groups in total. The summed E-state index contributed by atoms with van der Waals surface area (Å²) in [4.78, 5) is 0. The van der Waals surface area contributed by atoms with Gasteiger partial charge in [0.2, 0.25) is 0 Å². The van der Waals surface area contributed by atoms with Crippen molar-refractivity contribution in [2.24, 2.45) is 0 Å². The fraction of sp³-hybridized carbons (Fsp3) is 0.467. The topological polar surface area (TPSA) is 0 Å². The number of benzene rings is 1. The van der Waals surface area contributed by atoms with Gasteiger partial charge in [-0.3, -0.25) is 0 Å². The molecule has 0 heterocycles. The summed E-state index contributed by atoms with van der Waals surface area (Å²) < 4.78 is 0. The van der Waals surface area contributed by atoms with Gasteiger partial charge in [-0.2, -0.15) is 0 Å². The average Bonchev–Trinajstić information content (AvgIpc) is 2.82. The highest BCUT2D eigenvalue weighted by Gasteiger charge is 2.12. The first-order valence-electron chi connectivity index (χ1n) is 6.25. The van der Waals surface area contributed by atoms with Gasteiger partial charge in [0.1, 0.15) is 0 Å². The third kappa shape index (κ3) is 1.73. The largest absolute Gasteiger partial charge is 0.0807 e. The molecule has 2 aliphatic rings. The van der Waals surface area contributed by atoms with Gasteiger partial charge >= 0.3 is 0 Å². The van der Waals surface area contributed by atoms with Gasteiger partial charge in [-0.15, -0.1) is 0 Å². The molecule has 1 aromatic rings. The SMILES string of the molecule is C1=C(c2ccc3c(c2)CCCC3)CCC1. The lowest BCUT2D eigenvalue weighted by molar-refractivity contribution is 0.685. The lowest BCUT2D eigenvalue weighted by Crippen LogP contribution is -2.02. The molecule has 15 heavy (non-hydrogen) atoms. The highest BCUT2D eigenvalue weighted by molar-refractivity contribution is 5.68. The van der Waals surface area contributed by atoms with Crippen molar-refractivity contribution in [2.45, 2.75) is 44.9 Å². The Morgan fingerprint density at radius 1 is 0.800 bits per heavy atom. The van der Waals surface area contributed by atoms with E-state index < -0.39 is 0 Å². The Morgan fingerprint density at radius 3 is 2.47 bits per heavy atom. The van der Waals surface area contributed by atoms with Crippen LogP contribution in [0.3, 0.4) is 0 Å². The maximum Gasteiger partial charge on any atom is -0.0225 e. The molecule has 0 nitrogen and oxygen atoms in total. The molecule has 0 fully saturated rings. The molecule has 0 aliphatic heterocycles. The van der Waals surface area contributed by atoms with Crippen LogP contribution in [-0.4, -0.2) is 0 Å². The first-order chi connectivity index (χ1) is 7.43. The summed E-state index contributed by atoms with van der Waals surface area (Å²) in [7, 11) is 0. The summed E-state index contributed by atoms with van der Waals surface area (Å²) in [6.07, 6.45) is 11.7. The fourth-order valence-electron chi connectivity index (χ4n) is 2.87. The second kappa shape index (κ2) is 3.84. The molecular formula is C15H18. The van der Waals surface area contributed by atoms with Crippen LogP contribution in [0.15, 0.2) is 24.3 Å². The Hall–Kier alpha value is -1.04. The van der Waals surface area contributed by atoms with Crippen molar-refractivity contribution in [3.63, 3.8) is 0 Å². The molecule has 0 spiro atoms. The van der Waals surface area contributed by atoms with E-state index in [0.717, 1.165) is 0 Å². The highest BCUT2D eigenvalue weighted by atomic mass is 14.2. The standard InChI is InChI=1S/C15H18/c1-2-6-12(5-1)15-10-9-13-7-3-4-8-14(13)11-15/h5,9-11H,1-4,6-8H2. The third-order valence-corrected chi connectivity index (χ3v) is 3.76. The number of hydrogen-bond acceptors (Lipinski definition) is 0. The molecule has 0 bridgehead atoms. The molecule has 2 aliphatic carbocycles. The van der Waals surface area contributed by atoms with E-state index in [1.807, 2.05) is 0 Å². The third-order valence-electron chi connectivity index (χ3n) is 3.76. The van der Waals surface area contributed by atoms with Crippen molar-refractivity contribution in [2.75, 3.05) is 0 Å². The number of rotatable bonds is 1. The van der Waals surface area contributed by atoms with E-state index in [4.69, 9.17) is 0 Å². The second-order valence-corrected chi connectivity index (χ2v) is 4.81. The molecule has 3 rings (SSSR count). The summed E-state index contributed by atoms with van der Waals surface area (Å²) in [6.45, 7) is 0.